The second kappa shape index (κ2) is 11.0. The van der Waals surface area contributed by atoms with Gasteiger partial charge in [-0.1, -0.05) is 32.4 Å². The first-order valence-corrected chi connectivity index (χ1v) is 4.66. The van der Waals surface area contributed by atoms with Gasteiger partial charge >= 0.3 is 6.03 Å². The summed E-state index contributed by atoms with van der Waals surface area (Å²) in [6.07, 6.45) is 6.89. The number of carbonyl (C=O) groups excluding carboxylic acids is 1. The Morgan fingerprint density at radius 1 is 1.62 bits per heavy atom. The minimum Gasteiger partial charge on any atom is -0.352 e. The van der Waals surface area contributed by atoms with Crippen molar-refractivity contribution in [3.8, 4) is 0 Å². The SMILES string of the molecule is C/C=C/C[C@@H](C)CC.CNC(N)=O. The Labute approximate surface area is 81.4 Å². The predicted octanol–water partition coefficient (Wildman–Crippen LogP) is 2.28. The molecule has 0 aliphatic heterocycles. The van der Waals surface area contributed by atoms with Gasteiger partial charge in [0, 0.05) is 7.05 Å². The highest BCUT2D eigenvalue weighted by Gasteiger charge is 1.91. The number of nitrogens with two attached hydrogens (primary N) is 1. The molecule has 0 unspecified atom stereocenters. The average Bonchev–Trinajstić information content (AvgIpc) is 2.15. The molecule has 0 aromatic carbocycles. The van der Waals surface area contributed by atoms with Crippen LogP contribution in [0.4, 0.5) is 4.79 Å². The molecule has 0 spiro atoms. The number of carbonyl (C=O) groups is 1. The zero-order valence-electron chi connectivity index (χ0n) is 9.13. The number of hydrogen-bond acceptors (Lipinski definition) is 1. The van der Waals surface area contributed by atoms with Crippen LogP contribution in [0.25, 0.3) is 0 Å². The summed E-state index contributed by atoms with van der Waals surface area (Å²) in [6.45, 7) is 6.58. The molecule has 1 atom stereocenters. The average molecular weight is 186 g/mol. The zero-order chi connectivity index (χ0) is 10.7. The van der Waals surface area contributed by atoms with Crippen LogP contribution >= 0.6 is 0 Å². The van der Waals surface area contributed by atoms with E-state index in [-0.39, 0.29) is 0 Å². The van der Waals surface area contributed by atoms with Gasteiger partial charge in [-0.2, -0.15) is 0 Å². The number of rotatable bonds is 3. The Bertz CT molecular complexity index is 144. The molecular formula is C10H22N2O. The monoisotopic (exact) mass is 186 g/mol. The summed E-state index contributed by atoms with van der Waals surface area (Å²) in [4.78, 5) is 9.48. The van der Waals surface area contributed by atoms with Crippen LogP contribution in [0.5, 0.6) is 0 Å². The van der Waals surface area contributed by atoms with Gasteiger partial charge in [-0.25, -0.2) is 4.79 Å². The van der Waals surface area contributed by atoms with E-state index < -0.39 is 6.03 Å². The maximum Gasteiger partial charge on any atom is 0.311 e. The van der Waals surface area contributed by atoms with Crippen molar-refractivity contribution in [2.24, 2.45) is 11.7 Å². The summed E-state index contributed by atoms with van der Waals surface area (Å²) in [7, 11) is 1.47. The third-order valence-electron chi connectivity index (χ3n) is 1.72. The first kappa shape index (κ1) is 14.5. The van der Waals surface area contributed by atoms with Crippen LogP contribution in [0.1, 0.15) is 33.6 Å². The summed E-state index contributed by atoms with van der Waals surface area (Å²) in [5, 5.41) is 2.17. The van der Waals surface area contributed by atoms with Crippen LogP contribution in [0, 0.1) is 5.92 Å². The second-order valence-corrected chi connectivity index (χ2v) is 2.93. The van der Waals surface area contributed by atoms with Crippen LogP contribution in [0.3, 0.4) is 0 Å². The number of allylic oxidation sites excluding steroid dienone is 2. The number of primary amides is 1. The van der Waals surface area contributed by atoms with Crippen molar-refractivity contribution < 1.29 is 4.79 Å². The minimum atomic E-state index is -0.495. The van der Waals surface area contributed by atoms with Gasteiger partial charge in [0.1, 0.15) is 0 Å². The van der Waals surface area contributed by atoms with Crippen molar-refractivity contribution in [1.29, 1.82) is 0 Å². The Hall–Kier alpha value is -0.990. The van der Waals surface area contributed by atoms with Gasteiger partial charge in [0.15, 0.2) is 0 Å². The quantitative estimate of drug-likeness (QED) is 0.653. The van der Waals surface area contributed by atoms with E-state index in [1.54, 1.807) is 0 Å². The molecule has 78 valence electrons. The van der Waals surface area contributed by atoms with E-state index in [4.69, 9.17) is 0 Å². The molecule has 3 heteroatoms. The number of amides is 2. The summed E-state index contributed by atoms with van der Waals surface area (Å²) in [5.41, 5.74) is 4.54. The first-order valence-electron chi connectivity index (χ1n) is 4.66. The summed E-state index contributed by atoms with van der Waals surface area (Å²) in [6, 6.07) is -0.495. The molecule has 2 amide bonds. The van der Waals surface area contributed by atoms with Gasteiger partial charge in [-0.15, -0.1) is 0 Å². The maximum atomic E-state index is 9.48. The number of hydrogen-bond donors (Lipinski definition) is 2. The highest BCUT2D eigenvalue weighted by atomic mass is 16.2. The summed E-state index contributed by atoms with van der Waals surface area (Å²) < 4.78 is 0. The maximum absolute atomic E-state index is 9.48. The van der Waals surface area contributed by atoms with Crippen molar-refractivity contribution in [2.75, 3.05) is 7.05 Å². The van der Waals surface area contributed by atoms with Crippen molar-refractivity contribution in [1.82, 2.24) is 5.32 Å². The Kier molecular flexibility index (Phi) is 12.3. The van der Waals surface area contributed by atoms with Gasteiger partial charge in [0.05, 0.1) is 0 Å². The molecule has 0 radical (unpaired) electrons. The van der Waals surface area contributed by atoms with Crippen molar-refractivity contribution in [3.05, 3.63) is 12.2 Å². The normalized spacial score (nSPS) is 11.7. The van der Waals surface area contributed by atoms with Gasteiger partial charge in [0.25, 0.3) is 0 Å². The molecular weight excluding hydrogens is 164 g/mol. The van der Waals surface area contributed by atoms with E-state index in [2.05, 4.69) is 44.0 Å². The Balaban J connectivity index is 0. The molecule has 3 nitrogen and oxygen atoms in total. The molecule has 3 N–H and O–H groups in total. The molecule has 0 aromatic heterocycles. The fraction of sp³-hybridized carbons (Fsp3) is 0.700. The van der Waals surface area contributed by atoms with E-state index >= 15 is 0 Å². The standard InChI is InChI=1S/C8H16.C2H6N2O/c1-4-6-7-8(3)5-2;1-4-2(3)5/h4,6,8H,5,7H2,1-3H3;1H3,(H3,3,4,5)/b6-4+;/t8-;/m0./s1. The zero-order valence-corrected chi connectivity index (χ0v) is 9.13. The Morgan fingerprint density at radius 3 is 2.31 bits per heavy atom. The fourth-order valence-corrected chi connectivity index (χ4v) is 0.535. The van der Waals surface area contributed by atoms with Crippen LogP contribution in [-0.2, 0) is 0 Å². The molecule has 0 saturated heterocycles. The lowest BCUT2D eigenvalue weighted by Gasteiger charge is -2.00. The van der Waals surface area contributed by atoms with E-state index in [0.29, 0.717) is 0 Å². The first-order chi connectivity index (χ1) is 6.08. The van der Waals surface area contributed by atoms with E-state index in [0.717, 1.165) is 5.92 Å². The highest BCUT2D eigenvalue weighted by Crippen LogP contribution is 2.05. The third kappa shape index (κ3) is 18.2. The highest BCUT2D eigenvalue weighted by molar-refractivity contribution is 5.71. The van der Waals surface area contributed by atoms with Gasteiger partial charge < -0.3 is 11.1 Å². The lowest BCUT2D eigenvalue weighted by atomic mass is 10.1. The molecule has 0 fully saturated rings. The topological polar surface area (TPSA) is 55.1 Å². The lowest BCUT2D eigenvalue weighted by molar-refractivity contribution is 0.251. The molecule has 0 aliphatic rings. The molecule has 0 saturated carbocycles. The summed E-state index contributed by atoms with van der Waals surface area (Å²) >= 11 is 0. The van der Waals surface area contributed by atoms with E-state index in [1.165, 1.54) is 19.9 Å². The smallest absolute Gasteiger partial charge is 0.311 e. The molecule has 0 aliphatic carbocycles. The van der Waals surface area contributed by atoms with Crippen molar-refractivity contribution in [2.45, 2.75) is 33.6 Å². The minimum absolute atomic E-state index is 0.495. The molecule has 0 rings (SSSR count). The number of urea groups is 1. The molecule has 0 aromatic rings. The van der Waals surface area contributed by atoms with Gasteiger partial charge in [0.2, 0.25) is 0 Å². The van der Waals surface area contributed by atoms with E-state index in [1.807, 2.05) is 0 Å². The Morgan fingerprint density at radius 2 is 2.08 bits per heavy atom. The second-order valence-electron chi connectivity index (χ2n) is 2.93. The van der Waals surface area contributed by atoms with Crippen molar-refractivity contribution in [3.63, 3.8) is 0 Å². The molecule has 0 heterocycles. The summed E-state index contributed by atoms with van der Waals surface area (Å²) in [5.74, 6) is 0.867. The third-order valence-corrected chi connectivity index (χ3v) is 1.72. The molecule has 13 heavy (non-hydrogen) atoms. The van der Waals surface area contributed by atoms with Gasteiger partial charge in [-0.3, -0.25) is 0 Å². The van der Waals surface area contributed by atoms with Crippen molar-refractivity contribution >= 4 is 6.03 Å². The molecule has 0 bridgehead atoms. The van der Waals surface area contributed by atoms with E-state index in [9.17, 15) is 4.79 Å². The van der Waals surface area contributed by atoms with Crippen LogP contribution in [0.2, 0.25) is 0 Å². The predicted molar refractivity (Wildman–Crippen MR) is 57.5 cm³/mol. The van der Waals surface area contributed by atoms with Gasteiger partial charge in [-0.05, 0) is 19.3 Å². The van der Waals surface area contributed by atoms with Crippen LogP contribution in [-0.4, -0.2) is 13.1 Å². The fourth-order valence-electron chi connectivity index (χ4n) is 0.535. The largest absolute Gasteiger partial charge is 0.352 e. The van der Waals surface area contributed by atoms with Crippen LogP contribution < -0.4 is 11.1 Å². The lowest BCUT2D eigenvalue weighted by Crippen LogP contribution is -2.24. The number of nitrogens with one attached hydrogen (secondary N) is 1. The van der Waals surface area contributed by atoms with Crippen LogP contribution in [0.15, 0.2) is 12.2 Å².